The molecule has 2 heterocycles. The number of nitrogen functional groups attached to an aromatic ring is 1. The maximum atomic E-state index is 5.74. The van der Waals surface area contributed by atoms with Crippen LogP contribution in [0.1, 0.15) is 18.4 Å². The lowest BCUT2D eigenvalue weighted by molar-refractivity contribution is 0.331. The Kier molecular flexibility index (Phi) is 3.57. The Morgan fingerprint density at radius 2 is 2.11 bits per heavy atom. The monoisotopic (exact) mass is 321 g/mol. The molecule has 0 aliphatic carbocycles. The highest BCUT2D eigenvalue weighted by Crippen LogP contribution is 2.30. The summed E-state index contributed by atoms with van der Waals surface area (Å²) in [4.78, 5) is 2.48. The molecule has 1 aliphatic rings. The van der Waals surface area contributed by atoms with E-state index >= 15 is 0 Å². The average molecular weight is 322 g/mol. The third kappa shape index (κ3) is 2.67. The summed E-state index contributed by atoms with van der Waals surface area (Å²) in [6.07, 6.45) is 4.27. The Labute approximate surface area is 120 Å². The molecule has 0 bridgehead atoms. The van der Waals surface area contributed by atoms with Crippen LogP contribution in [0.5, 0.6) is 0 Å². The topological polar surface area (TPSA) is 55.3 Å². The van der Waals surface area contributed by atoms with Gasteiger partial charge in [-0.05, 0) is 43.1 Å². The van der Waals surface area contributed by atoms with Crippen molar-refractivity contribution in [3.05, 3.63) is 34.4 Å². The summed E-state index contributed by atoms with van der Waals surface area (Å²) in [5.41, 5.74) is 8.91. The largest absolute Gasteiger partial charge is 0.367 e. The van der Waals surface area contributed by atoms with Crippen LogP contribution in [0.3, 0.4) is 0 Å². The van der Waals surface area contributed by atoms with E-state index in [0.717, 1.165) is 22.1 Å². The number of anilines is 1. The Bertz CT molecular complexity index is 576. The highest BCUT2D eigenvalue weighted by Gasteiger charge is 2.14. The van der Waals surface area contributed by atoms with E-state index in [0.29, 0.717) is 5.88 Å². The van der Waals surface area contributed by atoms with E-state index in [9.17, 15) is 0 Å². The summed E-state index contributed by atoms with van der Waals surface area (Å²) >= 11 is 3.65. The van der Waals surface area contributed by atoms with E-state index in [2.05, 4.69) is 44.2 Å². The number of hydrogen-bond acceptors (Lipinski definition) is 4. The Balaban J connectivity index is 1.83. The van der Waals surface area contributed by atoms with Crippen LogP contribution in [0.15, 0.2) is 33.4 Å². The second kappa shape index (κ2) is 5.35. The molecule has 0 saturated carbocycles. The number of nitrogens with zero attached hydrogens (tertiary/aromatic N) is 2. The van der Waals surface area contributed by atoms with Gasteiger partial charge in [0.25, 0.3) is 0 Å². The maximum absolute atomic E-state index is 5.74. The van der Waals surface area contributed by atoms with Crippen molar-refractivity contribution in [2.24, 2.45) is 0 Å². The van der Waals surface area contributed by atoms with Crippen LogP contribution in [0.4, 0.5) is 5.88 Å². The van der Waals surface area contributed by atoms with Crippen molar-refractivity contribution >= 4 is 21.8 Å². The fraction of sp³-hybridized carbons (Fsp3) is 0.357. The standard InChI is InChI=1S/C14H16BrN3O/c15-13-7-10(12-8-17-19-14(12)16)3-4-11(13)9-18-5-1-2-6-18/h3-4,7-8H,1-2,5-6,9,16H2. The molecule has 1 aromatic carbocycles. The van der Waals surface area contributed by atoms with Crippen molar-refractivity contribution < 1.29 is 4.52 Å². The highest BCUT2D eigenvalue weighted by atomic mass is 79.9. The minimum Gasteiger partial charge on any atom is -0.367 e. The summed E-state index contributed by atoms with van der Waals surface area (Å²) in [5.74, 6) is 0.360. The van der Waals surface area contributed by atoms with E-state index < -0.39 is 0 Å². The van der Waals surface area contributed by atoms with Gasteiger partial charge in [-0.2, -0.15) is 0 Å². The molecule has 2 aromatic rings. The van der Waals surface area contributed by atoms with Crippen molar-refractivity contribution in [1.29, 1.82) is 0 Å². The predicted octanol–water partition coefficient (Wildman–Crippen LogP) is 3.28. The summed E-state index contributed by atoms with van der Waals surface area (Å²) in [7, 11) is 0. The number of benzene rings is 1. The van der Waals surface area contributed by atoms with Gasteiger partial charge >= 0.3 is 0 Å². The molecule has 1 aromatic heterocycles. The summed E-state index contributed by atoms with van der Waals surface area (Å²) in [6, 6.07) is 6.29. The highest BCUT2D eigenvalue weighted by molar-refractivity contribution is 9.10. The van der Waals surface area contributed by atoms with Crippen LogP contribution in [-0.2, 0) is 6.54 Å². The van der Waals surface area contributed by atoms with Gasteiger partial charge in [0.15, 0.2) is 0 Å². The van der Waals surface area contributed by atoms with Crippen molar-refractivity contribution in [2.75, 3.05) is 18.8 Å². The molecule has 19 heavy (non-hydrogen) atoms. The summed E-state index contributed by atoms with van der Waals surface area (Å²) in [5, 5.41) is 3.71. The van der Waals surface area contributed by atoms with E-state index in [-0.39, 0.29) is 0 Å². The zero-order valence-corrected chi connectivity index (χ0v) is 12.2. The zero-order valence-electron chi connectivity index (χ0n) is 10.6. The van der Waals surface area contributed by atoms with E-state index in [1.807, 2.05) is 0 Å². The first-order valence-corrected chi connectivity index (χ1v) is 7.24. The van der Waals surface area contributed by atoms with Crippen molar-refractivity contribution in [3.8, 4) is 11.1 Å². The minimum absolute atomic E-state index is 0.360. The molecule has 1 saturated heterocycles. The molecule has 3 rings (SSSR count). The van der Waals surface area contributed by atoms with Gasteiger partial charge in [-0.15, -0.1) is 0 Å². The van der Waals surface area contributed by atoms with Crippen molar-refractivity contribution in [2.45, 2.75) is 19.4 Å². The number of rotatable bonds is 3. The fourth-order valence-corrected chi connectivity index (χ4v) is 2.99. The molecule has 5 heteroatoms. The molecule has 0 amide bonds. The van der Waals surface area contributed by atoms with Crippen molar-refractivity contribution in [3.63, 3.8) is 0 Å². The van der Waals surface area contributed by atoms with Gasteiger partial charge in [0.2, 0.25) is 5.88 Å². The zero-order chi connectivity index (χ0) is 13.2. The predicted molar refractivity (Wildman–Crippen MR) is 78.6 cm³/mol. The Morgan fingerprint density at radius 3 is 2.74 bits per heavy atom. The Morgan fingerprint density at radius 1 is 1.32 bits per heavy atom. The van der Waals surface area contributed by atoms with Gasteiger partial charge in [0, 0.05) is 11.0 Å². The molecule has 1 aliphatic heterocycles. The molecule has 100 valence electrons. The third-order valence-electron chi connectivity index (χ3n) is 3.56. The fourth-order valence-electron chi connectivity index (χ4n) is 2.49. The number of hydrogen-bond donors (Lipinski definition) is 1. The summed E-state index contributed by atoms with van der Waals surface area (Å²) in [6.45, 7) is 3.40. The Hall–Kier alpha value is -1.33. The van der Waals surface area contributed by atoms with Gasteiger partial charge in [0.1, 0.15) is 0 Å². The van der Waals surface area contributed by atoms with E-state index in [1.54, 1.807) is 6.20 Å². The summed E-state index contributed by atoms with van der Waals surface area (Å²) < 4.78 is 6.01. The van der Waals surface area contributed by atoms with Crippen LogP contribution >= 0.6 is 15.9 Å². The van der Waals surface area contributed by atoms with Crippen molar-refractivity contribution in [1.82, 2.24) is 10.1 Å². The molecule has 0 radical (unpaired) electrons. The van der Waals surface area contributed by atoms with E-state index in [4.69, 9.17) is 10.3 Å². The first-order chi connectivity index (χ1) is 9.24. The van der Waals surface area contributed by atoms with Gasteiger partial charge in [-0.25, -0.2) is 0 Å². The second-order valence-corrected chi connectivity index (χ2v) is 5.75. The number of likely N-dealkylation sites (tertiary alicyclic amines) is 1. The van der Waals surface area contributed by atoms with Gasteiger partial charge in [0.05, 0.1) is 11.8 Å². The number of nitrogens with two attached hydrogens (primary N) is 1. The molecule has 0 atom stereocenters. The number of aromatic nitrogens is 1. The molecule has 0 unspecified atom stereocenters. The molecule has 2 N–H and O–H groups in total. The molecule has 4 nitrogen and oxygen atoms in total. The SMILES string of the molecule is Nc1oncc1-c1ccc(CN2CCCC2)c(Br)c1. The van der Waals surface area contributed by atoms with Crippen LogP contribution in [-0.4, -0.2) is 23.1 Å². The molecular formula is C14H16BrN3O. The molecule has 1 fully saturated rings. The van der Waals surface area contributed by atoms with Crippen LogP contribution in [0, 0.1) is 0 Å². The average Bonchev–Trinajstić information content (AvgIpc) is 3.03. The van der Waals surface area contributed by atoms with Gasteiger partial charge < -0.3 is 10.3 Å². The first kappa shape index (κ1) is 12.7. The minimum atomic E-state index is 0.360. The van der Waals surface area contributed by atoms with Crippen LogP contribution < -0.4 is 5.73 Å². The second-order valence-electron chi connectivity index (χ2n) is 4.89. The maximum Gasteiger partial charge on any atom is 0.229 e. The van der Waals surface area contributed by atoms with Crippen LogP contribution in [0.2, 0.25) is 0 Å². The third-order valence-corrected chi connectivity index (χ3v) is 4.29. The van der Waals surface area contributed by atoms with Gasteiger partial charge in [-0.1, -0.05) is 33.2 Å². The first-order valence-electron chi connectivity index (χ1n) is 6.45. The lowest BCUT2D eigenvalue weighted by Crippen LogP contribution is -2.18. The molecular weight excluding hydrogens is 306 g/mol. The lowest BCUT2D eigenvalue weighted by atomic mass is 10.1. The van der Waals surface area contributed by atoms with Gasteiger partial charge in [-0.3, -0.25) is 4.90 Å². The van der Waals surface area contributed by atoms with E-state index in [1.165, 1.54) is 31.5 Å². The quantitative estimate of drug-likeness (QED) is 0.942. The smallest absolute Gasteiger partial charge is 0.229 e. The van der Waals surface area contributed by atoms with Crippen LogP contribution in [0.25, 0.3) is 11.1 Å². The number of halogens is 1. The molecule has 0 spiro atoms. The lowest BCUT2D eigenvalue weighted by Gasteiger charge is -2.16. The normalized spacial score (nSPS) is 16.1.